The number of carbonyl (C=O) groups is 1. The van der Waals surface area contributed by atoms with Crippen molar-refractivity contribution in [1.82, 2.24) is 5.32 Å². The Balaban J connectivity index is 2.44. The SMILES string of the molecule is CC(=O)N/C=C/c1ccc(OCCCCl)cc1. The highest BCUT2D eigenvalue weighted by molar-refractivity contribution is 6.17. The number of ether oxygens (including phenoxy) is 1. The summed E-state index contributed by atoms with van der Waals surface area (Å²) in [7, 11) is 0. The third-order valence-electron chi connectivity index (χ3n) is 1.99. The van der Waals surface area contributed by atoms with Crippen LogP contribution in [0.25, 0.3) is 6.08 Å². The number of benzene rings is 1. The number of carbonyl (C=O) groups excluding carboxylic acids is 1. The van der Waals surface area contributed by atoms with E-state index in [0.717, 1.165) is 17.7 Å². The van der Waals surface area contributed by atoms with Crippen molar-refractivity contribution >= 4 is 23.6 Å². The normalized spacial score (nSPS) is 10.5. The fraction of sp³-hybridized carbons (Fsp3) is 0.308. The summed E-state index contributed by atoms with van der Waals surface area (Å²) in [5, 5.41) is 2.59. The van der Waals surface area contributed by atoms with Crippen LogP contribution >= 0.6 is 11.6 Å². The van der Waals surface area contributed by atoms with Crippen molar-refractivity contribution in [3.8, 4) is 5.75 Å². The van der Waals surface area contributed by atoms with Crippen LogP contribution in [0.2, 0.25) is 0 Å². The lowest BCUT2D eigenvalue weighted by Crippen LogP contribution is -2.10. The van der Waals surface area contributed by atoms with E-state index in [9.17, 15) is 4.79 Å². The third-order valence-corrected chi connectivity index (χ3v) is 2.26. The van der Waals surface area contributed by atoms with Gasteiger partial charge >= 0.3 is 0 Å². The fourth-order valence-corrected chi connectivity index (χ4v) is 1.28. The van der Waals surface area contributed by atoms with Crippen LogP contribution in [-0.4, -0.2) is 18.4 Å². The van der Waals surface area contributed by atoms with Crippen LogP contribution in [0, 0.1) is 0 Å². The molecule has 0 aromatic heterocycles. The van der Waals surface area contributed by atoms with Gasteiger partial charge in [0.25, 0.3) is 0 Å². The second-order valence-electron chi connectivity index (χ2n) is 3.49. The second kappa shape index (κ2) is 7.74. The van der Waals surface area contributed by atoms with E-state index in [1.807, 2.05) is 30.3 Å². The molecule has 0 saturated carbocycles. The first kappa shape index (κ1) is 13.6. The summed E-state index contributed by atoms with van der Waals surface area (Å²) < 4.78 is 5.47. The number of alkyl halides is 1. The van der Waals surface area contributed by atoms with Gasteiger partial charge in [0.2, 0.25) is 5.91 Å². The zero-order valence-electron chi connectivity index (χ0n) is 9.78. The molecule has 1 N–H and O–H groups in total. The number of rotatable bonds is 6. The topological polar surface area (TPSA) is 38.3 Å². The average Bonchev–Trinajstić information content (AvgIpc) is 2.31. The Bertz CT molecular complexity index is 374. The minimum absolute atomic E-state index is 0.0812. The molecule has 1 amide bonds. The largest absolute Gasteiger partial charge is 0.494 e. The maximum absolute atomic E-state index is 10.6. The molecule has 3 nitrogen and oxygen atoms in total. The van der Waals surface area contributed by atoms with E-state index in [2.05, 4.69) is 5.32 Å². The van der Waals surface area contributed by atoms with Crippen LogP contribution < -0.4 is 10.1 Å². The zero-order valence-corrected chi connectivity index (χ0v) is 10.5. The first-order valence-corrected chi connectivity index (χ1v) is 5.98. The molecule has 1 rings (SSSR count). The van der Waals surface area contributed by atoms with Crippen molar-refractivity contribution in [2.75, 3.05) is 12.5 Å². The molecule has 1 aromatic rings. The van der Waals surface area contributed by atoms with Gasteiger partial charge in [-0.1, -0.05) is 12.1 Å². The van der Waals surface area contributed by atoms with Gasteiger partial charge in [-0.25, -0.2) is 0 Å². The van der Waals surface area contributed by atoms with Gasteiger partial charge in [-0.05, 0) is 30.2 Å². The molecule has 0 aliphatic heterocycles. The minimum atomic E-state index is -0.0812. The Labute approximate surface area is 106 Å². The monoisotopic (exact) mass is 253 g/mol. The Morgan fingerprint density at radius 3 is 2.71 bits per heavy atom. The predicted octanol–water partition coefficient (Wildman–Crippen LogP) is 2.80. The lowest BCUT2D eigenvalue weighted by molar-refractivity contribution is -0.118. The molecule has 0 heterocycles. The number of hydrogen-bond donors (Lipinski definition) is 1. The van der Waals surface area contributed by atoms with E-state index in [0.29, 0.717) is 12.5 Å². The van der Waals surface area contributed by atoms with Crippen LogP contribution in [-0.2, 0) is 4.79 Å². The van der Waals surface area contributed by atoms with Crippen LogP contribution in [0.15, 0.2) is 30.5 Å². The molecule has 0 saturated heterocycles. The van der Waals surface area contributed by atoms with Gasteiger partial charge in [-0.2, -0.15) is 0 Å². The number of hydrogen-bond acceptors (Lipinski definition) is 2. The first-order valence-electron chi connectivity index (χ1n) is 5.45. The molecular formula is C13H16ClNO2. The Morgan fingerprint density at radius 2 is 2.12 bits per heavy atom. The third kappa shape index (κ3) is 5.97. The molecule has 0 fully saturated rings. The average molecular weight is 254 g/mol. The van der Waals surface area contributed by atoms with E-state index < -0.39 is 0 Å². The van der Waals surface area contributed by atoms with E-state index in [4.69, 9.17) is 16.3 Å². The number of nitrogens with one attached hydrogen (secondary N) is 1. The standard InChI is InChI=1S/C13H16ClNO2/c1-11(16)15-9-7-12-3-5-13(6-4-12)17-10-2-8-14/h3-7,9H,2,8,10H2,1H3,(H,15,16)/b9-7+. The Morgan fingerprint density at radius 1 is 1.41 bits per heavy atom. The lowest BCUT2D eigenvalue weighted by atomic mass is 10.2. The van der Waals surface area contributed by atoms with E-state index in [1.54, 1.807) is 6.20 Å². The summed E-state index contributed by atoms with van der Waals surface area (Å²) in [6, 6.07) is 7.63. The van der Waals surface area contributed by atoms with Crippen molar-refractivity contribution in [1.29, 1.82) is 0 Å². The molecule has 0 atom stereocenters. The molecule has 1 aromatic carbocycles. The summed E-state index contributed by atoms with van der Waals surface area (Å²) in [5.74, 6) is 1.35. The lowest BCUT2D eigenvalue weighted by Gasteiger charge is -2.04. The molecule has 0 spiro atoms. The second-order valence-corrected chi connectivity index (χ2v) is 3.87. The summed E-state index contributed by atoms with van der Waals surface area (Å²) in [5.41, 5.74) is 1.00. The molecule has 0 bridgehead atoms. The molecule has 4 heteroatoms. The summed E-state index contributed by atoms with van der Waals surface area (Å²) in [6.07, 6.45) is 4.28. The Kier molecular flexibility index (Phi) is 6.18. The highest BCUT2D eigenvalue weighted by Crippen LogP contribution is 2.13. The maximum atomic E-state index is 10.6. The van der Waals surface area contributed by atoms with Gasteiger partial charge in [0.05, 0.1) is 6.61 Å². The van der Waals surface area contributed by atoms with Gasteiger partial charge in [0.1, 0.15) is 5.75 Å². The van der Waals surface area contributed by atoms with E-state index in [-0.39, 0.29) is 5.91 Å². The van der Waals surface area contributed by atoms with Crippen molar-refractivity contribution in [3.63, 3.8) is 0 Å². The maximum Gasteiger partial charge on any atom is 0.220 e. The van der Waals surface area contributed by atoms with E-state index >= 15 is 0 Å². The first-order chi connectivity index (χ1) is 8.22. The van der Waals surface area contributed by atoms with Crippen molar-refractivity contribution in [2.45, 2.75) is 13.3 Å². The number of amides is 1. The van der Waals surface area contributed by atoms with Crippen LogP contribution in [0.5, 0.6) is 5.75 Å². The molecule has 0 unspecified atom stereocenters. The molecule has 92 valence electrons. The van der Waals surface area contributed by atoms with Crippen LogP contribution in [0.1, 0.15) is 18.9 Å². The smallest absolute Gasteiger partial charge is 0.220 e. The molecule has 17 heavy (non-hydrogen) atoms. The minimum Gasteiger partial charge on any atom is -0.494 e. The fourth-order valence-electron chi connectivity index (χ4n) is 1.17. The van der Waals surface area contributed by atoms with Crippen molar-refractivity contribution in [2.24, 2.45) is 0 Å². The van der Waals surface area contributed by atoms with Crippen LogP contribution in [0.3, 0.4) is 0 Å². The van der Waals surface area contributed by atoms with Gasteiger partial charge in [-0.3, -0.25) is 4.79 Å². The Hall–Kier alpha value is -1.48. The van der Waals surface area contributed by atoms with Crippen molar-refractivity contribution < 1.29 is 9.53 Å². The van der Waals surface area contributed by atoms with Gasteiger partial charge in [0, 0.05) is 19.0 Å². The van der Waals surface area contributed by atoms with Crippen LogP contribution in [0.4, 0.5) is 0 Å². The molecular weight excluding hydrogens is 238 g/mol. The molecule has 0 aliphatic rings. The van der Waals surface area contributed by atoms with Crippen molar-refractivity contribution in [3.05, 3.63) is 36.0 Å². The highest BCUT2D eigenvalue weighted by atomic mass is 35.5. The van der Waals surface area contributed by atoms with E-state index in [1.165, 1.54) is 6.92 Å². The summed E-state index contributed by atoms with van der Waals surface area (Å²) in [6.45, 7) is 2.10. The van der Waals surface area contributed by atoms with Gasteiger partial charge in [0.15, 0.2) is 0 Å². The summed E-state index contributed by atoms with van der Waals surface area (Å²) in [4.78, 5) is 10.6. The predicted molar refractivity (Wildman–Crippen MR) is 70.1 cm³/mol. The van der Waals surface area contributed by atoms with Gasteiger partial charge in [-0.15, -0.1) is 11.6 Å². The number of halogens is 1. The summed E-state index contributed by atoms with van der Waals surface area (Å²) >= 11 is 5.55. The van der Waals surface area contributed by atoms with Gasteiger partial charge < -0.3 is 10.1 Å². The zero-order chi connectivity index (χ0) is 12.5. The highest BCUT2D eigenvalue weighted by Gasteiger charge is 1.93. The molecule has 0 aliphatic carbocycles. The quantitative estimate of drug-likeness (QED) is 0.625. The molecule has 0 radical (unpaired) electrons.